The monoisotopic (exact) mass is 204 g/mol. The van der Waals surface area contributed by atoms with Gasteiger partial charge in [-0.05, 0) is 25.3 Å². The van der Waals surface area contributed by atoms with Crippen molar-refractivity contribution in [1.29, 1.82) is 0 Å². The highest BCUT2D eigenvalue weighted by Crippen LogP contribution is 2.11. The Morgan fingerprint density at radius 2 is 2.15 bits per heavy atom. The summed E-state index contributed by atoms with van der Waals surface area (Å²) in [5.74, 6) is 0.884. The van der Waals surface area contributed by atoms with Gasteiger partial charge in [-0.25, -0.2) is 0 Å². The molecule has 3 N–H and O–H groups in total. The molecule has 1 aliphatic rings. The molecule has 80 valence electrons. The maximum absolute atomic E-state index is 5.38. The fraction of sp³-hybridized carbons (Fsp3) is 1.00. The number of hydrogen-bond donors (Lipinski definition) is 2. The maximum atomic E-state index is 5.38. The molecule has 0 amide bonds. The van der Waals surface area contributed by atoms with Crippen LogP contribution in [0.1, 0.15) is 40.0 Å². The van der Waals surface area contributed by atoms with Crippen LogP contribution in [0.5, 0.6) is 0 Å². The van der Waals surface area contributed by atoms with Gasteiger partial charge >= 0.3 is 0 Å². The summed E-state index contributed by atoms with van der Waals surface area (Å²) >= 11 is 1.48. The van der Waals surface area contributed by atoms with E-state index < -0.39 is 0 Å². The minimum Gasteiger partial charge on any atom is -0.316 e. The molecule has 1 unspecified atom stereocenters. The van der Waals surface area contributed by atoms with Crippen LogP contribution in [0.2, 0.25) is 0 Å². The second-order valence-corrected chi connectivity index (χ2v) is 4.85. The van der Waals surface area contributed by atoms with E-state index in [1.54, 1.807) is 0 Å². The lowest BCUT2D eigenvalue weighted by atomic mass is 10.2. The maximum Gasteiger partial charge on any atom is 0.0316 e. The van der Waals surface area contributed by atoms with Gasteiger partial charge in [-0.1, -0.05) is 39.1 Å². The topological polar surface area (TPSA) is 38.0 Å². The van der Waals surface area contributed by atoms with Crippen molar-refractivity contribution in [2.75, 3.05) is 13.1 Å². The van der Waals surface area contributed by atoms with E-state index in [9.17, 15) is 0 Å². The molecule has 13 heavy (non-hydrogen) atoms. The highest BCUT2D eigenvalue weighted by molar-refractivity contribution is 7.97. The quantitative estimate of drug-likeness (QED) is 0.678. The molecule has 0 bridgehead atoms. The van der Waals surface area contributed by atoms with Crippen molar-refractivity contribution in [3.8, 4) is 0 Å². The molecule has 1 saturated heterocycles. The molecule has 1 heterocycles. The minimum absolute atomic E-state index is 0.670. The van der Waals surface area contributed by atoms with Gasteiger partial charge in [0.1, 0.15) is 0 Å². The van der Waals surface area contributed by atoms with E-state index in [2.05, 4.69) is 26.1 Å². The highest BCUT2D eigenvalue weighted by Gasteiger charge is 2.10. The summed E-state index contributed by atoms with van der Waals surface area (Å²) in [6.07, 6.45) is 3.88. The summed E-state index contributed by atoms with van der Waals surface area (Å²) in [6, 6.07) is 0. The van der Waals surface area contributed by atoms with Crippen molar-refractivity contribution in [3.05, 3.63) is 0 Å². The van der Waals surface area contributed by atoms with Gasteiger partial charge in [0, 0.05) is 11.8 Å². The lowest BCUT2D eigenvalue weighted by Crippen LogP contribution is -2.32. The Kier molecular flexibility index (Phi) is 9.03. The van der Waals surface area contributed by atoms with Crippen molar-refractivity contribution in [2.24, 2.45) is 11.1 Å². The third kappa shape index (κ3) is 8.60. The predicted octanol–water partition coefficient (Wildman–Crippen LogP) is 2.40. The molecule has 0 saturated carbocycles. The Bertz CT molecular complexity index is 101. The van der Waals surface area contributed by atoms with Crippen LogP contribution in [0.3, 0.4) is 0 Å². The minimum atomic E-state index is 0.670. The zero-order valence-corrected chi connectivity index (χ0v) is 9.99. The molecular formula is C10H24N2S. The summed E-state index contributed by atoms with van der Waals surface area (Å²) in [6.45, 7) is 8.92. The first kappa shape index (κ1) is 13.3. The zero-order valence-electron chi connectivity index (χ0n) is 9.18. The molecule has 0 aromatic heterocycles. The van der Waals surface area contributed by atoms with E-state index in [-0.39, 0.29) is 0 Å². The van der Waals surface area contributed by atoms with Gasteiger partial charge in [0.05, 0.1) is 0 Å². The Morgan fingerprint density at radius 3 is 2.38 bits per heavy atom. The summed E-state index contributed by atoms with van der Waals surface area (Å²) in [5.41, 5.74) is 0. The Balaban J connectivity index is 0.000000252. The van der Waals surface area contributed by atoms with Gasteiger partial charge in [-0.2, -0.15) is 0 Å². The Morgan fingerprint density at radius 1 is 1.54 bits per heavy atom. The fourth-order valence-corrected chi connectivity index (χ4v) is 1.45. The van der Waals surface area contributed by atoms with E-state index in [0.717, 1.165) is 12.5 Å². The van der Waals surface area contributed by atoms with Crippen LogP contribution in [0, 0.1) is 5.92 Å². The predicted molar refractivity (Wildman–Crippen MR) is 62.8 cm³/mol. The van der Waals surface area contributed by atoms with Crippen molar-refractivity contribution in [2.45, 2.75) is 45.3 Å². The lowest BCUT2D eigenvalue weighted by Gasteiger charge is -2.19. The van der Waals surface area contributed by atoms with E-state index in [4.69, 9.17) is 5.14 Å². The van der Waals surface area contributed by atoms with Gasteiger partial charge in [0.25, 0.3) is 0 Å². The summed E-state index contributed by atoms with van der Waals surface area (Å²) < 4.78 is 0. The van der Waals surface area contributed by atoms with Crippen LogP contribution in [-0.4, -0.2) is 18.3 Å². The van der Waals surface area contributed by atoms with Crippen LogP contribution in [0.4, 0.5) is 0 Å². The Hall–Kier alpha value is 0.270. The third-order valence-corrected chi connectivity index (χ3v) is 3.05. The number of nitrogens with one attached hydrogen (secondary N) is 1. The molecule has 1 aliphatic heterocycles. The first-order valence-electron chi connectivity index (χ1n) is 5.27. The normalized spacial score (nSPS) is 22.4. The molecule has 1 rings (SSSR count). The second-order valence-electron chi connectivity index (χ2n) is 3.91. The SMILES string of the molecule is CCC(C)C.NSC1CCCNC1. The lowest BCUT2D eigenvalue weighted by molar-refractivity contribution is 0.531. The average molecular weight is 204 g/mol. The van der Waals surface area contributed by atoms with E-state index in [0.29, 0.717) is 5.25 Å². The molecule has 1 atom stereocenters. The van der Waals surface area contributed by atoms with E-state index in [1.165, 1.54) is 37.8 Å². The standard InChI is InChI=1S/C5H12N2S.C5H12/c6-8-5-2-1-3-7-4-5;1-4-5(2)3/h5,7H,1-4,6H2;5H,4H2,1-3H3. The van der Waals surface area contributed by atoms with Crippen LogP contribution < -0.4 is 10.5 Å². The Labute approximate surface area is 87.2 Å². The molecule has 0 aromatic carbocycles. The van der Waals surface area contributed by atoms with Gasteiger partial charge in [0.2, 0.25) is 0 Å². The zero-order chi connectivity index (χ0) is 10.1. The number of rotatable bonds is 2. The smallest absolute Gasteiger partial charge is 0.0316 e. The number of nitrogens with two attached hydrogens (primary N) is 1. The van der Waals surface area contributed by atoms with Crippen molar-refractivity contribution in [3.63, 3.8) is 0 Å². The summed E-state index contributed by atoms with van der Waals surface area (Å²) in [5, 5.41) is 9.33. The van der Waals surface area contributed by atoms with Gasteiger partial charge in [-0.3, -0.25) is 5.14 Å². The molecule has 0 aliphatic carbocycles. The molecular weight excluding hydrogens is 180 g/mol. The molecule has 0 aromatic rings. The molecule has 0 spiro atoms. The molecule has 1 fully saturated rings. The molecule has 0 radical (unpaired) electrons. The van der Waals surface area contributed by atoms with E-state index in [1.807, 2.05) is 0 Å². The molecule has 3 heteroatoms. The van der Waals surface area contributed by atoms with Crippen LogP contribution in [-0.2, 0) is 0 Å². The van der Waals surface area contributed by atoms with Crippen LogP contribution in [0.15, 0.2) is 0 Å². The van der Waals surface area contributed by atoms with Gasteiger partial charge in [-0.15, -0.1) is 0 Å². The first-order chi connectivity index (χ1) is 6.20. The van der Waals surface area contributed by atoms with Crippen molar-refractivity contribution >= 4 is 11.9 Å². The number of hydrogen-bond acceptors (Lipinski definition) is 3. The summed E-state index contributed by atoms with van der Waals surface area (Å²) in [7, 11) is 0. The fourth-order valence-electron chi connectivity index (χ4n) is 0.936. The second kappa shape index (κ2) is 8.85. The highest BCUT2D eigenvalue weighted by atomic mass is 32.2. The van der Waals surface area contributed by atoms with Gasteiger partial charge in [0.15, 0.2) is 0 Å². The van der Waals surface area contributed by atoms with Crippen molar-refractivity contribution < 1.29 is 0 Å². The molecule has 2 nitrogen and oxygen atoms in total. The number of piperidine rings is 1. The van der Waals surface area contributed by atoms with E-state index >= 15 is 0 Å². The van der Waals surface area contributed by atoms with Crippen LogP contribution >= 0.6 is 11.9 Å². The average Bonchev–Trinajstić information content (AvgIpc) is 2.20. The largest absolute Gasteiger partial charge is 0.316 e. The van der Waals surface area contributed by atoms with Crippen molar-refractivity contribution in [1.82, 2.24) is 5.32 Å². The van der Waals surface area contributed by atoms with Gasteiger partial charge < -0.3 is 5.32 Å². The third-order valence-electron chi connectivity index (χ3n) is 2.26. The summed E-state index contributed by atoms with van der Waals surface area (Å²) in [4.78, 5) is 0. The van der Waals surface area contributed by atoms with Crippen LogP contribution in [0.25, 0.3) is 0 Å². The first-order valence-corrected chi connectivity index (χ1v) is 6.21.